The van der Waals surface area contributed by atoms with E-state index in [0.717, 1.165) is 5.92 Å². The molecule has 1 aliphatic rings. The van der Waals surface area contributed by atoms with E-state index in [4.69, 9.17) is 0 Å². The minimum Gasteiger partial charge on any atom is -0.305 e. The van der Waals surface area contributed by atoms with Crippen LogP contribution in [0.2, 0.25) is 0 Å². The molecule has 0 spiro atoms. The molecule has 0 bridgehead atoms. The lowest BCUT2D eigenvalue weighted by molar-refractivity contribution is 0.468. The summed E-state index contributed by atoms with van der Waals surface area (Å²) >= 11 is 3.71. The fraction of sp³-hybridized carbons (Fsp3) is 0.467. The molecule has 0 atom stereocenters. The minimum absolute atomic E-state index is 0.408. The number of rotatable bonds is 5. The Kier molecular flexibility index (Phi) is 4.13. The molecule has 1 aliphatic carbocycles. The Morgan fingerprint density at radius 3 is 2.17 bits per heavy atom. The number of nitrogens with one attached hydrogen (secondary N) is 1. The first-order chi connectivity index (χ1) is 8.93. The van der Waals surface area contributed by atoms with Gasteiger partial charge in [-0.25, -0.2) is 0 Å². The van der Waals surface area contributed by atoms with Crippen LogP contribution in [0, 0.1) is 5.92 Å². The standard InChI is InChI=1S/C15H19NS2/c1-2-6-12(5-1)11-16-15(13-7-3-9-17-13)14-8-4-10-18-14/h3-4,7-10,12,15-16H,1-2,5-6,11H2. The van der Waals surface area contributed by atoms with E-state index in [1.807, 2.05) is 22.7 Å². The summed E-state index contributed by atoms with van der Waals surface area (Å²) in [6.45, 7) is 1.17. The number of hydrogen-bond acceptors (Lipinski definition) is 3. The van der Waals surface area contributed by atoms with Crippen LogP contribution in [0.25, 0.3) is 0 Å². The van der Waals surface area contributed by atoms with Crippen LogP contribution < -0.4 is 5.32 Å². The van der Waals surface area contributed by atoms with Crippen molar-refractivity contribution >= 4 is 22.7 Å². The second-order valence-corrected chi connectivity index (χ2v) is 6.98. The highest BCUT2D eigenvalue weighted by molar-refractivity contribution is 7.11. The van der Waals surface area contributed by atoms with Crippen molar-refractivity contribution < 1.29 is 0 Å². The Bertz CT molecular complexity index is 407. The van der Waals surface area contributed by atoms with E-state index in [2.05, 4.69) is 40.3 Å². The molecule has 2 aromatic heterocycles. The van der Waals surface area contributed by atoms with Gasteiger partial charge in [0.15, 0.2) is 0 Å². The second kappa shape index (κ2) is 6.00. The quantitative estimate of drug-likeness (QED) is 0.837. The topological polar surface area (TPSA) is 12.0 Å². The third kappa shape index (κ3) is 2.85. The van der Waals surface area contributed by atoms with Gasteiger partial charge in [0, 0.05) is 9.75 Å². The lowest BCUT2D eigenvalue weighted by atomic mass is 10.1. The highest BCUT2D eigenvalue weighted by Gasteiger charge is 2.20. The molecule has 0 unspecified atom stereocenters. The van der Waals surface area contributed by atoms with E-state index in [1.165, 1.54) is 42.0 Å². The smallest absolute Gasteiger partial charge is 0.0764 e. The first-order valence-electron chi connectivity index (χ1n) is 6.73. The maximum atomic E-state index is 3.79. The van der Waals surface area contributed by atoms with Crippen LogP contribution in [-0.4, -0.2) is 6.54 Å². The molecule has 2 heterocycles. The molecule has 3 rings (SSSR count). The molecule has 18 heavy (non-hydrogen) atoms. The Labute approximate surface area is 117 Å². The summed E-state index contributed by atoms with van der Waals surface area (Å²) in [5, 5.41) is 8.13. The van der Waals surface area contributed by atoms with Crippen molar-refractivity contribution in [2.75, 3.05) is 6.54 Å². The monoisotopic (exact) mass is 277 g/mol. The van der Waals surface area contributed by atoms with Crippen LogP contribution in [0.3, 0.4) is 0 Å². The van der Waals surface area contributed by atoms with Crippen molar-refractivity contribution in [1.82, 2.24) is 5.32 Å². The maximum Gasteiger partial charge on any atom is 0.0764 e. The third-order valence-electron chi connectivity index (χ3n) is 3.74. The second-order valence-electron chi connectivity index (χ2n) is 5.02. The predicted molar refractivity (Wildman–Crippen MR) is 80.4 cm³/mol. The van der Waals surface area contributed by atoms with E-state index in [9.17, 15) is 0 Å². The minimum atomic E-state index is 0.408. The summed E-state index contributed by atoms with van der Waals surface area (Å²) in [6, 6.07) is 9.20. The molecule has 1 nitrogen and oxygen atoms in total. The molecule has 0 radical (unpaired) electrons. The zero-order valence-corrected chi connectivity index (χ0v) is 12.1. The van der Waals surface area contributed by atoms with Gasteiger partial charge in [-0.15, -0.1) is 22.7 Å². The summed E-state index contributed by atoms with van der Waals surface area (Å²) in [5.41, 5.74) is 0. The number of hydrogen-bond donors (Lipinski definition) is 1. The van der Waals surface area contributed by atoms with Crippen molar-refractivity contribution in [1.29, 1.82) is 0 Å². The summed E-state index contributed by atoms with van der Waals surface area (Å²) in [6.07, 6.45) is 5.67. The molecule has 1 N–H and O–H groups in total. The van der Waals surface area contributed by atoms with E-state index < -0.39 is 0 Å². The van der Waals surface area contributed by atoms with Crippen molar-refractivity contribution in [3.63, 3.8) is 0 Å². The SMILES string of the molecule is c1csc(C(NCC2CCCC2)c2cccs2)c1. The molecule has 96 valence electrons. The van der Waals surface area contributed by atoms with Gasteiger partial charge < -0.3 is 5.32 Å². The Morgan fingerprint density at radius 2 is 1.67 bits per heavy atom. The zero-order valence-electron chi connectivity index (χ0n) is 10.5. The van der Waals surface area contributed by atoms with E-state index in [0.29, 0.717) is 6.04 Å². The lowest BCUT2D eigenvalue weighted by Crippen LogP contribution is -2.26. The first-order valence-corrected chi connectivity index (χ1v) is 8.49. The highest BCUT2D eigenvalue weighted by atomic mass is 32.1. The van der Waals surface area contributed by atoms with Crippen LogP contribution in [0.1, 0.15) is 41.5 Å². The lowest BCUT2D eigenvalue weighted by Gasteiger charge is -2.19. The van der Waals surface area contributed by atoms with Gasteiger partial charge in [-0.3, -0.25) is 0 Å². The summed E-state index contributed by atoms with van der Waals surface area (Å²) in [4.78, 5) is 2.88. The average molecular weight is 277 g/mol. The Hall–Kier alpha value is -0.640. The Morgan fingerprint density at radius 1 is 1.06 bits per heavy atom. The fourth-order valence-corrected chi connectivity index (χ4v) is 4.46. The third-order valence-corrected chi connectivity index (χ3v) is 5.62. The van der Waals surface area contributed by atoms with Crippen LogP contribution in [0.4, 0.5) is 0 Å². The van der Waals surface area contributed by atoms with E-state index >= 15 is 0 Å². The van der Waals surface area contributed by atoms with Crippen molar-refractivity contribution in [2.45, 2.75) is 31.7 Å². The highest BCUT2D eigenvalue weighted by Crippen LogP contribution is 2.30. The molecule has 0 aliphatic heterocycles. The van der Waals surface area contributed by atoms with Crippen LogP contribution in [0.5, 0.6) is 0 Å². The van der Waals surface area contributed by atoms with Gasteiger partial charge in [0.25, 0.3) is 0 Å². The molecule has 0 aromatic carbocycles. The molecular formula is C15H19NS2. The van der Waals surface area contributed by atoms with Gasteiger partial charge in [-0.1, -0.05) is 25.0 Å². The largest absolute Gasteiger partial charge is 0.305 e. The molecule has 1 fully saturated rings. The normalized spacial score (nSPS) is 16.7. The summed E-state index contributed by atoms with van der Waals surface area (Å²) in [7, 11) is 0. The van der Waals surface area contributed by atoms with Gasteiger partial charge in [0.1, 0.15) is 0 Å². The maximum absolute atomic E-state index is 3.79. The predicted octanol–water partition coefficient (Wildman–Crippen LogP) is 4.68. The summed E-state index contributed by atoms with van der Waals surface area (Å²) < 4.78 is 0. The summed E-state index contributed by atoms with van der Waals surface area (Å²) in [5.74, 6) is 0.896. The Balaban J connectivity index is 1.70. The van der Waals surface area contributed by atoms with E-state index in [1.54, 1.807) is 0 Å². The van der Waals surface area contributed by atoms with Crippen molar-refractivity contribution in [2.24, 2.45) is 5.92 Å². The van der Waals surface area contributed by atoms with Gasteiger partial charge in [0.2, 0.25) is 0 Å². The van der Waals surface area contributed by atoms with Gasteiger partial charge in [0.05, 0.1) is 6.04 Å². The molecule has 1 saturated carbocycles. The van der Waals surface area contributed by atoms with Crippen molar-refractivity contribution in [3.05, 3.63) is 44.8 Å². The molecular weight excluding hydrogens is 258 g/mol. The van der Waals surface area contributed by atoms with Crippen LogP contribution >= 0.6 is 22.7 Å². The van der Waals surface area contributed by atoms with E-state index in [-0.39, 0.29) is 0 Å². The van der Waals surface area contributed by atoms with Gasteiger partial charge >= 0.3 is 0 Å². The molecule has 0 saturated heterocycles. The average Bonchev–Trinajstić information content (AvgIpc) is 3.14. The van der Waals surface area contributed by atoms with Gasteiger partial charge in [-0.2, -0.15) is 0 Å². The fourth-order valence-electron chi connectivity index (χ4n) is 2.75. The zero-order chi connectivity index (χ0) is 12.2. The van der Waals surface area contributed by atoms with Gasteiger partial charge in [-0.05, 0) is 48.2 Å². The van der Waals surface area contributed by atoms with Crippen molar-refractivity contribution in [3.8, 4) is 0 Å². The molecule has 3 heteroatoms. The van der Waals surface area contributed by atoms with Crippen LogP contribution in [-0.2, 0) is 0 Å². The number of thiophene rings is 2. The molecule has 0 amide bonds. The first kappa shape index (κ1) is 12.4. The van der Waals surface area contributed by atoms with Crippen LogP contribution in [0.15, 0.2) is 35.0 Å². The molecule has 2 aromatic rings.